The average molecular weight is 523 g/mol. The van der Waals surface area contributed by atoms with Gasteiger partial charge in [0.05, 0.1) is 23.3 Å². The molecule has 0 aliphatic carbocycles. The Hall–Kier alpha value is -4.53. The number of carbonyl (C=O) groups excluding carboxylic acids is 4. The number of Topliss-reactive ketones (excluding diaryl/α,β-unsaturated/α-hetero) is 1. The molecule has 9 heteroatoms. The molecule has 0 saturated heterocycles. The largest absolute Gasteiger partial charge is 0.478 e. The van der Waals surface area contributed by atoms with Crippen molar-refractivity contribution in [1.82, 2.24) is 0 Å². The molecule has 0 heterocycles. The predicted molar refractivity (Wildman–Crippen MR) is 139 cm³/mol. The van der Waals surface area contributed by atoms with Gasteiger partial charge in [0.1, 0.15) is 13.2 Å². The quantitative estimate of drug-likeness (QED) is 0.172. The van der Waals surface area contributed by atoms with Gasteiger partial charge < -0.3 is 19.3 Å². The Morgan fingerprint density at radius 2 is 1.29 bits per heavy atom. The molecule has 0 aromatic heterocycles. The molecule has 200 valence electrons. The van der Waals surface area contributed by atoms with E-state index in [1.165, 1.54) is 19.1 Å². The summed E-state index contributed by atoms with van der Waals surface area (Å²) >= 11 is 0. The summed E-state index contributed by atoms with van der Waals surface area (Å²) in [6.45, 7) is 11.6. The van der Waals surface area contributed by atoms with Crippen molar-refractivity contribution in [3.8, 4) is 11.1 Å². The lowest BCUT2D eigenvalue weighted by molar-refractivity contribution is -0.140. The maximum absolute atomic E-state index is 12.5. The van der Waals surface area contributed by atoms with Gasteiger partial charge in [0.2, 0.25) is 0 Å². The Bertz CT molecular complexity index is 1290. The molecule has 2 aromatic rings. The van der Waals surface area contributed by atoms with E-state index in [1.54, 1.807) is 38.1 Å². The van der Waals surface area contributed by atoms with Crippen molar-refractivity contribution in [2.24, 2.45) is 0 Å². The van der Waals surface area contributed by atoms with Gasteiger partial charge in [-0.2, -0.15) is 0 Å². The fourth-order valence-electron chi connectivity index (χ4n) is 3.31. The summed E-state index contributed by atoms with van der Waals surface area (Å²) in [5.74, 6) is -3.41. The minimum Gasteiger partial charge on any atom is -0.478 e. The molecule has 2 rings (SSSR count). The average Bonchev–Trinajstić information content (AvgIpc) is 2.87. The summed E-state index contributed by atoms with van der Waals surface area (Å²) < 4.78 is 15.2. The molecule has 9 nitrogen and oxygen atoms in total. The van der Waals surface area contributed by atoms with Crippen molar-refractivity contribution in [3.05, 3.63) is 83.0 Å². The monoisotopic (exact) mass is 522 g/mol. The Labute approximate surface area is 220 Å². The Kier molecular flexibility index (Phi) is 10.7. The van der Waals surface area contributed by atoms with Crippen LogP contribution < -0.4 is 0 Å². The molecule has 0 saturated carbocycles. The second-order valence-electron chi connectivity index (χ2n) is 8.59. The van der Waals surface area contributed by atoms with Crippen LogP contribution in [0, 0.1) is 6.92 Å². The number of aromatic carboxylic acids is 1. The molecule has 0 radical (unpaired) electrons. The van der Waals surface area contributed by atoms with E-state index < -0.39 is 23.9 Å². The number of aryl methyl sites for hydroxylation is 1. The van der Waals surface area contributed by atoms with Gasteiger partial charge in [0, 0.05) is 12.0 Å². The highest BCUT2D eigenvalue weighted by Gasteiger charge is 2.20. The van der Waals surface area contributed by atoms with E-state index in [0.717, 1.165) is 0 Å². The number of rotatable bonds is 13. The smallest absolute Gasteiger partial charge is 0.339 e. The van der Waals surface area contributed by atoms with Crippen molar-refractivity contribution in [3.63, 3.8) is 0 Å². The van der Waals surface area contributed by atoms with Crippen molar-refractivity contribution in [2.45, 2.75) is 33.6 Å². The molecule has 0 amide bonds. The van der Waals surface area contributed by atoms with Crippen LogP contribution in [-0.2, 0) is 23.8 Å². The number of ketones is 1. The van der Waals surface area contributed by atoms with Gasteiger partial charge >= 0.3 is 23.9 Å². The van der Waals surface area contributed by atoms with E-state index in [1.807, 2.05) is 0 Å². The molecule has 2 aromatic carbocycles. The SMILES string of the molecule is C=C(C)C(=O)CCCOC(=O)c1ccc(-c2ccc(C(=O)OCCOC(=O)C(=C)C)c(C)c2)cc1C(=O)O. The fraction of sp³-hybridized carbons (Fsp3) is 0.276. The van der Waals surface area contributed by atoms with Gasteiger partial charge in [-0.25, -0.2) is 19.2 Å². The summed E-state index contributed by atoms with van der Waals surface area (Å²) in [7, 11) is 0. The zero-order valence-electron chi connectivity index (χ0n) is 21.6. The molecule has 0 fully saturated rings. The third kappa shape index (κ3) is 8.26. The van der Waals surface area contributed by atoms with Crippen LogP contribution in [0.4, 0.5) is 0 Å². The van der Waals surface area contributed by atoms with Crippen molar-refractivity contribution < 1.29 is 43.3 Å². The van der Waals surface area contributed by atoms with E-state index >= 15 is 0 Å². The van der Waals surface area contributed by atoms with Crippen LogP contribution in [0.5, 0.6) is 0 Å². The zero-order valence-corrected chi connectivity index (χ0v) is 21.6. The summed E-state index contributed by atoms with van der Waals surface area (Å²) in [5, 5.41) is 9.67. The van der Waals surface area contributed by atoms with E-state index in [2.05, 4.69) is 13.2 Å². The third-order valence-corrected chi connectivity index (χ3v) is 5.40. The fourth-order valence-corrected chi connectivity index (χ4v) is 3.31. The van der Waals surface area contributed by atoms with Crippen LogP contribution in [-0.4, -0.2) is 54.6 Å². The normalized spacial score (nSPS) is 10.3. The van der Waals surface area contributed by atoms with Crippen molar-refractivity contribution in [1.29, 1.82) is 0 Å². The van der Waals surface area contributed by atoms with Crippen LogP contribution in [0.25, 0.3) is 11.1 Å². The number of carboxylic acids is 1. The van der Waals surface area contributed by atoms with Crippen LogP contribution in [0.15, 0.2) is 60.7 Å². The molecule has 0 bridgehead atoms. The van der Waals surface area contributed by atoms with E-state index in [9.17, 15) is 29.1 Å². The number of allylic oxidation sites excluding steroid dienone is 1. The summed E-state index contributed by atoms with van der Waals surface area (Å²) in [6, 6.07) is 9.16. The third-order valence-electron chi connectivity index (χ3n) is 5.40. The van der Waals surface area contributed by atoms with Gasteiger partial charge in [-0.05, 0) is 67.7 Å². The van der Waals surface area contributed by atoms with Crippen LogP contribution in [0.2, 0.25) is 0 Å². The molecule has 1 N–H and O–H groups in total. The number of benzene rings is 2. The molecule has 0 aliphatic rings. The van der Waals surface area contributed by atoms with Gasteiger partial charge in [0.15, 0.2) is 5.78 Å². The van der Waals surface area contributed by atoms with Gasteiger partial charge in [0.25, 0.3) is 0 Å². The number of carbonyl (C=O) groups is 5. The number of carboxylic acid groups (broad SMARTS) is 1. The maximum Gasteiger partial charge on any atom is 0.339 e. The lowest BCUT2D eigenvalue weighted by atomic mass is 9.96. The first kappa shape index (κ1) is 29.7. The molecular formula is C29H30O9. The highest BCUT2D eigenvalue weighted by Crippen LogP contribution is 2.26. The summed E-state index contributed by atoms with van der Waals surface area (Å²) in [4.78, 5) is 59.7. The van der Waals surface area contributed by atoms with Crippen LogP contribution in [0.3, 0.4) is 0 Å². The molecular weight excluding hydrogens is 492 g/mol. The second kappa shape index (κ2) is 13.7. The lowest BCUT2D eigenvalue weighted by Crippen LogP contribution is -2.15. The number of hydrogen-bond donors (Lipinski definition) is 1. The number of esters is 3. The Morgan fingerprint density at radius 1 is 0.737 bits per heavy atom. The Morgan fingerprint density at radius 3 is 1.87 bits per heavy atom. The van der Waals surface area contributed by atoms with Gasteiger partial charge in [-0.3, -0.25) is 4.79 Å². The minimum atomic E-state index is -1.31. The molecule has 38 heavy (non-hydrogen) atoms. The number of hydrogen-bond acceptors (Lipinski definition) is 8. The van der Waals surface area contributed by atoms with Gasteiger partial charge in [-0.15, -0.1) is 0 Å². The summed E-state index contributed by atoms with van der Waals surface area (Å²) in [5.41, 5.74) is 2.32. The number of ether oxygens (including phenoxy) is 3. The second-order valence-corrected chi connectivity index (χ2v) is 8.59. The van der Waals surface area contributed by atoms with Crippen molar-refractivity contribution >= 4 is 29.7 Å². The van der Waals surface area contributed by atoms with Crippen molar-refractivity contribution in [2.75, 3.05) is 19.8 Å². The molecule has 0 atom stereocenters. The minimum absolute atomic E-state index is 0.0360. The van der Waals surface area contributed by atoms with Crippen LogP contribution >= 0.6 is 0 Å². The predicted octanol–water partition coefficient (Wildman–Crippen LogP) is 4.72. The maximum atomic E-state index is 12.5. The van der Waals surface area contributed by atoms with E-state index in [-0.39, 0.29) is 48.7 Å². The summed E-state index contributed by atoms with van der Waals surface area (Å²) in [6.07, 6.45) is 0.477. The highest BCUT2D eigenvalue weighted by molar-refractivity contribution is 6.03. The zero-order chi connectivity index (χ0) is 28.4. The van der Waals surface area contributed by atoms with Gasteiger partial charge in [-0.1, -0.05) is 31.4 Å². The molecule has 0 spiro atoms. The highest BCUT2D eigenvalue weighted by atomic mass is 16.6. The molecule has 0 unspecified atom stereocenters. The Balaban J connectivity index is 2.10. The first-order valence-corrected chi connectivity index (χ1v) is 11.8. The van der Waals surface area contributed by atoms with E-state index in [0.29, 0.717) is 34.2 Å². The van der Waals surface area contributed by atoms with Crippen LogP contribution in [0.1, 0.15) is 63.3 Å². The topological polar surface area (TPSA) is 133 Å². The standard InChI is InChI=1S/C29H30O9/c1-17(2)25(30)7-6-12-36-29(35)23-11-9-21(16-24(23)26(31)32)20-8-10-22(19(5)15-20)28(34)38-14-13-37-27(33)18(3)4/h8-11,15-16H,1,3,6-7,12-14H2,2,4-5H3,(H,31,32). The van der Waals surface area contributed by atoms with E-state index in [4.69, 9.17) is 14.2 Å². The first-order valence-electron chi connectivity index (χ1n) is 11.8. The first-order chi connectivity index (χ1) is 17.9. The molecule has 0 aliphatic heterocycles. The lowest BCUT2D eigenvalue weighted by Gasteiger charge is -2.12.